The van der Waals surface area contributed by atoms with Gasteiger partial charge in [0.15, 0.2) is 0 Å². The molecule has 7 heteroatoms. The summed E-state index contributed by atoms with van der Waals surface area (Å²) in [4.78, 5) is 19.9. The first kappa shape index (κ1) is 22.6. The Morgan fingerprint density at radius 3 is 2.69 bits per heavy atom. The van der Waals surface area contributed by atoms with Crippen molar-refractivity contribution in [2.75, 3.05) is 39.5 Å². The molecule has 1 heterocycles. The molecule has 0 aliphatic carbocycles. The normalized spacial score (nSPS) is 13.0. The Morgan fingerprint density at radius 2 is 2.08 bits per heavy atom. The van der Waals surface area contributed by atoms with Gasteiger partial charge >= 0.3 is 0 Å². The minimum atomic E-state index is -0.189. The molecule has 1 aromatic heterocycles. The van der Waals surface area contributed by atoms with Crippen molar-refractivity contribution in [1.29, 1.82) is 0 Å². The number of carbonyl (C=O) groups is 1. The van der Waals surface area contributed by atoms with Gasteiger partial charge in [0.2, 0.25) is 0 Å². The summed E-state index contributed by atoms with van der Waals surface area (Å²) >= 11 is 1.39. The minimum absolute atomic E-state index is 0.0799. The molecule has 1 amide bonds. The summed E-state index contributed by atoms with van der Waals surface area (Å²) in [6.45, 7) is 13.0. The van der Waals surface area contributed by atoms with Crippen LogP contribution >= 0.6 is 11.3 Å². The van der Waals surface area contributed by atoms with Crippen molar-refractivity contribution in [2.24, 2.45) is 4.99 Å². The summed E-state index contributed by atoms with van der Waals surface area (Å²) in [6, 6.07) is 3.99. The van der Waals surface area contributed by atoms with Crippen LogP contribution in [0.3, 0.4) is 0 Å². The van der Waals surface area contributed by atoms with E-state index in [1.165, 1.54) is 11.3 Å². The summed E-state index contributed by atoms with van der Waals surface area (Å²) < 4.78 is 10.9. The Bertz CT molecular complexity index is 516. The standard InChI is InChI=1S/C19H33N3O3S/c1-5-22(6-2)12-8-10-16(4)20-19(25-14-13-24-7-3)21-18(23)17-11-9-15-26-17/h9,11,15-16H,5-8,10,12-14H2,1-4H3,(H,20,21,23)/t16-/m0/s1. The average Bonchev–Trinajstić information content (AvgIpc) is 3.17. The molecular weight excluding hydrogens is 350 g/mol. The van der Waals surface area contributed by atoms with Gasteiger partial charge in [-0.25, -0.2) is 4.99 Å². The Morgan fingerprint density at radius 1 is 1.31 bits per heavy atom. The molecule has 0 unspecified atom stereocenters. The number of thiophene rings is 1. The average molecular weight is 384 g/mol. The van der Waals surface area contributed by atoms with E-state index >= 15 is 0 Å². The SMILES string of the molecule is CCOCCOC(=N[C@@H](C)CCCN(CC)CC)NC(=O)c1cccs1. The van der Waals surface area contributed by atoms with Gasteiger partial charge in [0, 0.05) is 6.61 Å². The fourth-order valence-corrected chi connectivity index (χ4v) is 3.05. The topological polar surface area (TPSA) is 63.2 Å². The molecule has 1 atom stereocenters. The molecule has 0 aromatic carbocycles. The van der Waals surface area contributed by atoms with Gasteiger partial charge in [-0.05, 0) is 57.8 Å². The molecule has 0 aliphatic rings. The summed E-state index contributed by atoms with van der Waals surface area (Å²) in [7, 11) is 0. The van der Waals surface area contributed by atoms with Gasteiger partial charge in [-0.15, -0.1) is 11.3 Å². The molecule has 0 radical (unpaired) electrons. The summed E-state index contributed by atoms with van der Waals surface area (Å²) in [5, 5.41) is 4.65. The predicted molar refractivity (Wildman–Crippen MR) is 108 cm³/mol. The predicted octanol–water partition coefficient (Wildman–Crippen LogP) is 3.40. The van der Waals surface area contributed by atoms with E-state index in [2.05, 4.69) is 29.1 Å². The van der Waals surface area contributed by atoms with E-state index in [0.717, 1.165) is 32.5 Å². The molecule has 1 N–H and O–H groups in total. The van der Waals surface area contributed by atoms with Crippen LogP contribution < -0.4 is 5.32 Å². The molecule has 0 saturated heterocycles. The highest BCUT2D eigenvalue weighted by atomic mass is 32.1. The number of hydrogen-bond acceptors (Lipinski definition) is 6. The van der Waals surface area contributed by atoms with Gasteiger partial charge in [0.1, 0.15) is 6.61 Å². The number of aliphatic imine (C=N–C) groups is 1. The number of rotatable bonds is 12. The molecule has 0 aliphatic heterocycles. The lowest BCUT2D eigenvalue weighted by Crippen LogP contribution is -2.34. The van der Waals surface area contributed by atoms with Crippen LogP contribution in [-0.2, 0) is 9.47 Å². The van der Waals surface area contributed by atoms with Crippen LogP contribution in [0.25, 0.3) is 0 Å². The zero-order valence-electron chi connectivity index (χ0n) is 16.5. The third-order valence-electron chi connectivity index (χ3n) is 3.96. The molecule has 26 heavy (non-hydrogen) atoms. The molecule has 1 aromatic rings. The van der Waals surface area contributed by atoms with Gasteiger partial charge in [-0.2, -0.15) is 0 Å². The third kappa shape index (κ3) is 9.31. The zero-order valence-corrected chi connectivity index (χ0v) is 17.3. The molecule has 0 fully saturated rings. The van der Waals surface area contributed by atoms with Crippen molar-refractivity contribution < 1.29 is 14.3 Å². The lowest BCUT2D eigenvalue weighted by atomic mass is 10.2. The second-order valence-electron chi connectivity index (χ2n) is 5.93. The first-order valence-electron chi connectivity index (χ1n) is 9.46. The van der Waals surface area contributed by atoms with Gasteiger partial charge in [-0.3, -0.25) is 10.1 Å². The number of nitrogens with zero attached hydrogens (tertiary/aromatic N) is 2. The highest BCUT2D eigenvalue weighted by Gasteiger charge is 2.13. The quantitative estimate of drug-likeness (QED) is 0.341. The Hall–Kier alpha value is -1.44. The van der Waals surface area contributed by atoms with E-state index in [1.54, 1.807) is 6.07 Å². The second kappa shape index (κ2) is 13.7. The smallest absolute Gasteiger partial charge is 0.292 e. The van der Waals surface area contributed by atoms with Crippen LogP contribution in [0.4, 0.5) is 0 Å². The Labute approximate surface area is 161 Å². The van der Waals surface area contributed by atoms with E-state index in [9.17, 15) is 4.79 Å². The number of nitrogens with one attached hydrogen (secondary N) is 1. The number of ether oxygens (including phenoxy) is 2. The lowest BCUT2D eigenvalue weighted by molar-refractivity contribution is 0.0924. The summed E-state index contributed by atoms with van der Waals surface area (Å²) in [5.74, 6) is -0.189. The maximum Gasteiger partial charge on any atom is 0.292 e. The molecule has 0 spiro atoms. The highest BCUT2D eigenvalue weighted by Crippen LogP contribution is 2.08. The summed E-state index contributed by atoms with van der Waals surface area (Å²) in [5.41, 5.74) is 0. The van der Waals surface area contributed by atoms with Gasteiger partial charge in [0.05, 0.1) is 17.5 Å². The maximum atomic E-state index is 12.3. The number of carbonyl (C=O) groups excluding carboxylic acids is 1. The molecule has 0 saturated carbocycles. The van der Waals surface area contributed by atoms with E-state index in [-0.39, 0.29) is 18.0 Å². The largest absolute Gasteiger partial charge is 0.463 e. The van der Waals surface area contributed by atoms with Crippen molar-refractivity contribution in [1.82, 2.24) is 10.2 Å². The van der Waals surface area contributed by atoms with Crippen molar-refractivity contribution in [3.63, 3.8) is 0 Å². The van der Waals surface area contributed by atoms with E-state index in [1.807, 2.05) is 25.3 Å². The minimum Gasteiger partial charge on any atom is -0.463 e. The number of amidine groups is 1. The second-order valence-corrected chi connectivity index (χ2v) is 6.88. The van der Waals surface area contributed by atoms with Gasteiger partial charge in [-0.1, -0.05) is 19.9 Å². The van der Waals surface area contributed by atoms with Crippen molar-refractivity contribution >= 4 is 23.3 Å². The summed E-state index contributed by atoms with van der Waals surface area (Å²) in [6.07, 6.45) is 2.02. The molecular formula is C19H33N3O3S. The van der Waals surface area contributed by atoms with Crippen LogP contribution in [0, 0.1) is 0 Å². The van der Waals surface area contributed by atoms with Crippen molar-refractivity contribution in [2.45, 2.75) is 46.6 Å². The fraction of sp³-hybridized carbons (Fsp3) is 0.684. The Kier molecular flexibility index (Phi) is 11.9. The number of hydrogen-bond donors (Lipinski definition) is 1. The van der Waals surface area contributed by atoms with Crippen LogP contribution in [0.2, 0.25) is 0 Å². The van der Waals surface area contributed by atoms with Crippen LogP contribution in [0.15, 0.2) is 22.5 Å². The van der Waals surface area contributed by atoms with Gasteiger partial charge in [0.25, 0.3) is 11.9 Å². The van der Waals surface area contributed by atoms with Gasteiger partial charge < -0.3 is 14.4 Å². The molecule has 6 nitrogen and oxygen atoms in total. The first-order chi connectivity index (χ1) is 12.6. The Balaban J connectivity index is 2.57. The van der Waals surface area contributed by atoms with Crippen LogP contribution in [0.1, 0.15) is 50.2 Å². The zero-order chi connectivity index (χ0) is 19.2. The monoisotopic (exact) mass is 383 g/mol. The molecule has 148 valence electrons. The lowest BCUT2D eigenvalue weighted by Gasteiger charge is -2.18. The van der Waals surface area contributed by atoms with E-state index in [4.69, 9.17) is 9.47 Å². The fourth-order valence-electron chi connectivity index (χ4n) is 2.43. The third-order valence-corrected chi connectivity index (χ3v) is 4.83. The van der Waals surface area contributed by atoms with E-state index < -0.39 is 0 Å². The van der Waals surface area contributed by atoms with Crippen LogP contribution in [0.5, 0.6) is 0 Å². The van der Waals surface area contributed by atoms with E-state index in [0.29, 0.717) is 24.7 Å². The molecule has 1 rings (SSSR count). The van der Waals surface area contributed by atoms with Crippen molar-refractivity contribution in [3.8, 4) is 0 Å². The maximum absolute atomic E-state index is 12.3. The highest BCUT2D eigenvalue weighted by molar-refractivity contribution is 7.12. The van der Waals surface area contributed by atoms with Crippen LogP contribution in [-0.4, -0.2) is 62.3 Å². The number of amides is 1. The molecule has 0 bridgehead atoms. The first-order valence-corrected chi connectivity index (χ1v) is 10.3. The van der Waals surface area contributed by atoms with Crippen molar-refractivity contribution in [3.05, 3.63) is 22.4 Å².